The highest BCUT2D eigenvalue weighted by molar-refractivity contribution is 6.22. The predicted octanol–water partition coefficient (Wildman–Crippen LogP) is 1.15. The van der Waals surface area contributed by atoms with Crippen LogP contribution in [-0.4, -0.2) is 60.6 Å². The lowest BCUT2D eigenvalue weighted by Crippen LogP contribution is -2.40. The van der Waals surface area contributed by atoms with Crippen molar-refractivity contribution in [3.8, 4) is 11.8 Å². The van der Waals surface area contributed by atoms with Gasteiger partial charge in [0, 0.05) is 25.2 Å². The Morgan fingerprint density at radius 2 is 1.55 bits per heavy atom. The molecule has 146 valence electrons. The number of hydrogen-bond acceptors (Lipinski definition) is 4. The number of nitrogens with one attached hydrogen (secondary N) is 1. The van der Waals surface area contributed by atoms with Crippen LogP contribution in [0.25, 0.3) is 0 Å². The smallest absolute Gasteiger partial charge is 0.262 e. The third-order valence-corrected chi connectivity index (χ3v) is 4.32. The molecule has 0 atom stereocenters. The number of benzene rings is 2. The van der Waals surface area contributed by atoms with Gasteiger partial charge in [-0.25, -0.2) is 0 Å². The lowest BCUT2D eigenvalue weighted by atomic mass is 10.1. The van der Waals surface area contributed by atoms with Crippen LogP contribution in [0.5, 0.6) is 0 Å². The van der Waals surface area contributed by atoms with Crippen LogP contribution in [0, 0.1) is 11.8 Å². The van der Waals surface area contributed by atoms with Crippen LogP contribution in [0.4, 0.5) is 0 Å². The van der Waals surface area contributed by atoms with Gasteiger partial charge in [-0.1, -0.05) is 24.0 Å². The highest BCUT2D eigenvalue weighted by Crippen LogP contribution is 2.21. The average Bonchev–Trinajstić information content (AvgIpc) is 2.96. The highest BCUT2D eigenvalue weighted by atomic mass is 16.2. The fourth-order valence-electron chi connectivity index (χ4n) is 2.83. The Hall–Kier alpha value is -3.92. The number of carbonyl (C=O) groups is 4. The molecule has 1 heterocycles. The van der Waals surface area contributed by atoms with E-state index in [1.54, 1.807) is 62.6 Å². The minimum atomic E-state index is -0.473. The summed E-state index contributed by atoms with van der Waals surface area (Å²) >= 11 is 0. The molecule has 2 aromatic rings. The maximum Gasteiger partial charge on any atom is 0.262 e. The lowest BCUT2D eigenvalue weighted by Gasteiger charge is -2.12. The van der Waals surface area contributed by atoms with Crippen molar-refractivity contribution in [2.75, 3.05) is 27.2 Å². The second kappa shape index (κ2) is 8.40. The van der Waals surface area contributed by atoms with Gasteiger partial charge < -0.3 is 10.2 Å². The van der Waals surface area contributed by atoms with Gasteiger partial charge in [0.1, 0.15) is 6.54 Å². The summed E-state index contributed by atoms with van der Waals surface area (Å²) in [7, 11) is 3.36. The summed E-state index contributed by atoms with van der Waals surface area (Å²) in [5.74, 6) is 4.18. The van der Waals surface area contributed by atoms with Gasteiger partial charge in [0.25, 0.3) is 17.7 Å². The Kier molecular flexibility index (Phi) is 5.74. The molecule has 2 aromatic carbocycles. The first kappa shape index (κ1) is 19.8. The van der Waals surface area contributed by atoms with Gasteiger partial charge in [-0.15, -0.1) is 0 Å². The summed E-state index contributed by atoms with van der Waals surface area (Å²) in [6, 6.07) is 13.3. The molecule has 3 rings (SSSR count). The predicted molar refractivity (Wildman–Crippen MR) is 106 cm³/mol. The summed E-state index contributed by atoms with van der Waals surface area (Å²) in [5.41, 5.74) is 1.88. The largest absolute Gasteiger partial charge is 0.345 e. The molecule has 1 aliphatic heterocycles. The van der Waals surface area contributed by atoms with Crippen molar-refractivity contribution in [3.05, 3.63) is 70.8 Å². The van der Waals surface area contributed by atoms with Crippen molar-refractivity contribution in [2.24, 2.45) is 0 Å². The van der Waals surface area contributed by atoms with Gasteiger partial charge in [0.05, 0.1) is 17.7 Å². The normalized spacial score (nSPS) is 12.1. The van der Waals surface area contributed by atoms with Gasteiger partial charge in [-0.05, 0) is 36.4 Å². The van der Waals surface area contributed by atoms with Gasteiger partial charge >= 0.3 is 0 Å². The van der Waals surface area contributed by atoms with Gasteiger partial charge in [0.15, 0.2) is 0 Å². The number of amides is 4. The van der Waals surface area contributed by atoms with E-state index >= 15 is 0 Å². The quantitative estimate of drug-likeness (QED) is 0.628. The van der Waals surface area contributed by atoms with E-state index in [-0.39, 0.29) is 19.0 Å². The molecule has 0 aromatic heterocycles. The van der Waals surface area contributed by atoms with E-state index in [1.165, 1.54) is 4.90 Å². The van der Waals surface area contributed by atoms with Crippen LogP contribution in [0.2, 0.25) is 0 Å². The zero-order valence-electron chi connectivity index (χ0n) is 16.1. The molecule has 1 aliphatic rings. The number of carbonyl (C=O) groups excluding carboxylic acids is 4. The number of fused-ring (bicyclic) bond motifs is 1. The number of hydrogen-bond donors (Lipinski definition) is 1. The van der Waals surface area contributed by atoms with E-state index < -0.39 is 17.7 Å². The molecule has 0 radical (unpaired) electrons. The second-order valence-corrected chi connectivity index (χ2v) is 6.60. The molecule has 7 nitrogen and oxygen atoms in total. The zero-order chi connectivity index (χ0) is 21.0. The Bertz CT molecular complexity index is 1010. The van der Waals surface area contributed by atoms with Crippen LogP contribution >= 0.6 is 0 Å². The number of imide groups is 1. The van der Waals surface area contributed by atoms with E-state index in [0.29, 0.717) is 22.3 Å². The summed E-state index contributed by atoms with van der Waals surface area (Å²) in [6.45, 7) is -0.282. The molecule has 0 saturated carbocycles. The first-order valence-corrected chi connectivity index (χ1v) is 8.91. The molecule has 1 N–H and O–H groups in total. The van der Waals surface area contributed by atoms with E-state index in [4.69, 9.17) is 0 Å². The van der Waals surface area contributed by atoms with Crippen molar-refractivity contribution in [3.63, 3.8) is 0 Å². The van der Waals surface area contributed by atoms with Crippen LogP contribution < -0.4 is 5.32 Å². The Labute approximate surface area is 168 Å². The first-order chi connectivity index (χ1) is 13.9. The lowest BCUT2D eigenvalue weighted by molar-refractivity contribution is -0.121. The van der Waals surface area contributed by atoms with Crippen molar-refractivity contribution in [1.29, 1.82) is 0 Å². The third kappa shape index (κ3) is 4.33. The standard InChI is InChI=1S/C22H19N3O4/c1-24(2)20(27)16-11-9-15(10-12-16)6-5-13-23-19(26)14-25-21(28)17-7-3-4-8-18(17)22(25)29/h3-4,7-12H,13-14H2,1-2H3,(H,23,26). The average molecular weight is 389 g/mol. The van der Waals surface area contributed by atoms with Crippen LogP contribution in [0.1, 0.15) is 36.6 Å². The second-order valence-electron chi connectivity index (χ2n) is 6.60. The van der Waals surface area contributed by atoms with Crippen molar-refractivity contribution < 1.29 is 19.2 Å². The van der Waals surface area contributed by atoms with E-state index in [0.717, 1.165) is 4.90 Å². The Morgan fingerprint density at radius 3 is 2.10 bits per heavy atom. The van der Waals surface area contributed by atoms with Crippen molar-refractivity contribution >= 4 is 23.6 Å². The summed E-state index contributed by atoms with van der Waals surface area (Å²) < 4.78 is 0. The molecule has 4 amide bonds. The number of nitrogens with zero attached hydrogens (tertiary/aromatic N) is 2. The molecule has 0 saturated heterocycles. The minimum absolute atomic E-state index is 0.0698. The van der Waals surface area contributed by atoms with Crippen molar-refractivity contribution in [2.45, 2.75) is 0 Å². The van der Waals surface area contributed by atoms with E-state index in [9.17, 15) is 19.2 Å². The van der Waals surface area contributed by atoms with Crippen molar-refractivity contribution in [1.82, 2.24) is 15.1 Å². The number of rotatable bonds is 4. The summed E-state index contributed by atoms with van der Waals surface area (Å²) in [5, 5.41) is 2.57. The molecular weight excluding hydrogens is 370 g/mol. The molecule has 29 heavy (non-hydrogen) atoms. The fourth-order valence-corrected chi connectivity index (χ4v) is 2.83. The molecule has 0 spiro atoms. The topological polar surface area (TPSA) is 86.8 Å². The fraction of sp³-hybridized carbons (Fsp3) is 0.182. The molecule has 7 heteroatoms. The van der Waals surface area contributed by atoms with E-state index in [2.05, 4.69) is 17.2 Å². The minimum Gasteiger partial charge on any atom is -0.345 e. The molecule has 0 fully saturated rings. The summed E-state index contributed by atoms with van der Waals surface area (Å²) in [4.78, 5) is 50.8. The first-order valence-electron chi connectivity index (χ1n) is 8.91. The SMILES string of the molecule is CN(C)C(=O)c1ccc(C#CCNC(=O)CN2C(=O)c3ccccc3C2=O)cc1. The maximum absolute atomic E-state index is 12.2. The maximum atomic E-state index is 12.2. The third-order valence-electron chi connectivity index (χ3n) is 4.32. The Morgan fingerprint density at radius 1 is 0.966 bits per heavy atom. The van der Waals surface area contributed by atoms with Gasteiger partial charge in [0.2, 0.25) is 5.91 Å². The Balaban J connectivity index is 1.52. The molecule has 0 aliphatic carbocycles. The zero-order valence-corrected chi connectivity index (χ0v) is 16.1. The van der Waals surface area contributed by atoms with Gasteiger partial charge in [-0.2, -0.15) is 0 Å². The molecule has 0 unspecified atom stereocenters. The monoisotopic (exact) mass is 389 g/mol. The van der Waals surface area contributed by atoms with Crippen LogP contribution in [0.15, 0.2) is 48.5 Å². The summed E-state index contributed by atoms with van der Waals surface area (Å²) in [6.07, 6.45) is 0. The molecule has 0 bridgehead atoms. The van der Waals surface area contributed by atoms with E-state index in [1.807, 2.05) is 0 Å². The van der Waals surface area contributed by atoms with Gasteiger partial charge in [-0.3, -0.25) is 24.1 Å². The van der Waals surface area contributed by atoms with Crippen LogP contribution in [-0.2, 0) is 4.79 Å². The van der Waals surface area contributed by atoms with Crippen LogP contribution in [0.3, 0.4) is 0 Å². The molecular formula is C22H19N3O4. The highest BCUT2D eigenvalue weighted by Gasteiger charge is 2.36.